The fraction of sp³-hybridized carbons (Fsp3) is 0.833. The van der Waals surface area contributed by atoms with Crippen molar-refractivity contribution in [1.29, 1.82) is 0 Å². The summed E-state index contributed by atoms with van der Waals surface area (Å²) < 4.78 is 5.27. The van der Waals surface area contributed by atoms with Crippen LogP contribution in [0, 0.1) is 5.92 Å². The van der Waals surface area contributed by atoms with Crippen molar-refractivity contribution in [3.8, 4) is 0 Å². The van der Waals surface area contributed by atoms with E-state index in [-0.39, 0.29) is 12.6 Å². The number of carbonyl (C=O) groups is 2. The van der Waals surface area contributed by atoms with Gasteiger partial charge in [-0.2, -0.15) is 0 Å². The van der Waals surface area contributed by atoms with E-state index in [1.54, 1.807) is 18.9 Å². The van der Waals surface area contributed by atoms with E-state index >= 15 is 0 Å². The Morgan fingerprint density at radius 2 is 1.94 bits per heavy atom. The Kier molecular flexibility index (Phi) is 5.91. The van der Waals surface area contributed by atoms with E-state index in [1.165, 1.54) is 4.90 Å². The Labute approximate surface area is 107 Å². The van der Waals surface area contributed by atoms with Crippen LogP contribution < -0.4 is 0 Å². The van der Waals surface area contributed by atoms with Gasteiger partial charge in [0.15, 0.2) is 0 Å². The summed E-state index contributed by atoms with van der Waals surface area (Å²) in [5.41, 5.74) is 0. The molecule has 1 heterocycles. The normalized spacial score (nSPS) is 16.3. The first-order valence-electron chi connectivity index (χ1n) is 6.34. The van der Waals surface area contributed by atoms with Gasteiger partial charge in [0.25, 0.3) is 0 Å². The second kappa shape index (κ2) is 7.20. The molecule has 0 unspecified atom stereocenters. The first-order valence-corrected chi connectivity index (χ1v) is 6.34. The summed E-state index contributed by atoms with van der Waals surface area (Å²) in [5, 5.41) is 8.74. The van der Waals surface area contributed by atoms with Gasteiger partial charge in [0.1, 0.15) is 6.54 Å². The number of nitrogens with zero attached hydrogens (tertiary/aromatic N) is 2. The maximum absolute atomic E-state index is 12.0. The van der Waals surface area contributed by atoms with Crippen LogP contribution in [0.25, 0.3) is 0 Å². The lowest BCUT2D eigenvalue weighted by Gasteiger charge is -2.30. The van der Waals surface area contributed by atoms with Crippen LogP contribution in [0.4, 0.5) is 4.79 Å². The minimum absolute atomic E-state index is 0.216. The lowest BCUT2D eigenvalue weighted by molar-refractivity contribution is -0.137. The number of hydrogen-bond donors (Lipinski definition) is 1. The number of aliphatic carboxylic acids is 1. The van der Waals surface area contributed by atoms with Gasteiger partial charge >= 0.3 is 12.0 Å². The van der Waals surface area contributed by atoms with Crippen LogP contribution in [0.15, 0.2) is 0 Å². The average molecular weight is 258 g/mol. The summed E-state index contributed by atoms with van der Waals surface area (Å²) in [6, 6.07) is -0.216. The standard InChI is InChI=1S/C12H22N2O4/c1-3-14(9-11(15)16)12(17)13(2)8-10-4-6-18-7-5-10/h10H,3-9H2,1-2H3,(H,15,16). The van der Waals surface area contributed by atoms with Crippen LogP contribution in [0.5, 0.6) is 0 Å². The molecule has 0 atom stereocenters. The molecular formula is C12H22N2O4. The summed E-state index contributed by atoms with van der Waals surface area (Å²) in [4.78, 5) is 25.6. The Bertz CT molecular complexity index is 290. The number of carbonyl (C=O) groups excluding carboxylic acids is 1. The van der Waals surface area contributed by atoms with Gasteiger partial charge in [0.05, 0.1) is 0 Å². The van der Waals surface area contributed by atoms with E-state index < -0.39 is 5.97 Å². The van der Waals surface area contributed by atoms with Crippen molar-refractivity contribution in [2.45, 2.75) is 19.8 Å². The number of carboxylic acids is 1. The Morgan fingerprint density at radius 3 is 2.44 bits per heavy atom. The van der Waals surface area contributed by atoms with E-state index in [4.69, 9.17) is 9.84 Å². The molecule has 0 radical (unpaired) electrons. The molecule has 1 N–H and O–H groups in total. The topological polar surface area (TPSA) is 70.1 Å². The fourth-order valence-corrected chi connectivity index (χ4v) is 2.11. The molecule has 18 heavy (non-hydrogen) atoms. The van der Waals surface area contributed by atoms with E-state index in [0.29, 0.717) is 19.0 Å². The predicted octanol–water partition coefficient (Wildman–Crippen LogP) is 0.871. The molecule has 0 aromatic rings. The second-order valence-electron chi connectivity index (χ2n) is 4.63. The molecule has 104 valence electrons. The van der Waals surface area contributed by atoms with E-state index in [2.05, 4.69) is 0 Å². The molecule has 1 aliphatic rings. The van der Waals surface area contributed by atoms with Crippen LogP contribution in [-0.4, -0.2) is 66.8 Å². The number of urea groups is 1. The number of ether oxygens (including phenoxy) is 1. The molecule has 0 aromatic carbocycles. The number of rotatable bonds is 5. The highest BCUT2D eigenvalue weighted by Gasteiger charge is 2.22. The maximum Gasteiger partial charge on any atom is 0.323 e. The zero-order chi connectivity index (χ0) is 13.5. The van der Waals surface area contributed by atoms with Crippen LogP contribution in [-0.2, 0) is 9.53 Å². The highest BCUT2D eigenvalue weighted by atomic mass is 16.5. The summed E-state index contributed by atoms with van der Waals surface area (Å²) >= 11 is 0. The van der Waals surface area contributed by atoms with Gasteiger partial charge < -0.3 is 19.6 Å². The van der Waals surface area contributed by atoms with E-state index in [1.807, 2.05) is 0 Å². The molecule has 0 saturated carbocycles. The van der Waals surface area contributed by atoms with E-state index in [9.17, 15) is 9.59 Å². The molecule has 1 aliphatic heterocycles. The largest absolute Gasteiger partial charge is 0.480 e. The number of hydrogen-bond acceptors (Lipinski definition) is 3. The first kappa shape index (κ1) is 14.8. The molecule has 1 saturated heterocycles. The third kappa shape index (κ3) is 4.52. The molecule has 6 nitrogen and oxygen atoms in total. The Morgan fingerprint density at radius 1 is 1.33 bits per heavy atom. The third-order valence-electron chi connectivity index (χ3n) is 3.18. The maximum atomic E-state index is 12.0. The number of likely N-dealkylation sites (N-methyl/N-ethyl adjacent to an activating group) is 1. The van der Waals surface area contributed by atoms with Crippen molar-refractivity contribution >= 4 is 12.0 Å². The molecule has 0 spiro atoms. The zero-order valence-corrected chi connectivity index (χ0v) is 11.1. The number of amides is 2. The molecule has 0 aliphatic carbocycles. The molecular weight excluding hydrogens is 236 g/mol. The summed E-state index contributed by atoms with van der Waals surface area (Å²) in [7, 11) is 1.72. The second-order valence-corrected chi connectivity index (χ2v) is 4.63. The van der Waals surface area contributed by atoms with Gasteiger partial charge in [-0.3, -0.25) is 4.79 Å². The predicted molar refractivity (Wildman–Crippen MR) is 66.5 cm³/mol. The van der Waals surface area contributed by atoms with Gasteiger partial charge in [0.2, 0.25) is 0 Å². The van der Waals surface area contributed by atoms with Gasteiger partial charge in [-0.05, 0) is 25.7 Å². The lowest BCUT2D eigenvalue weighted by atomic mass is 10.00. The van der Waals surface area contributed by atoms with Crippen molar-refractivity contribution < 1.29 is 19.4 Å². The highest BCUT2D eigenvalue weighted by Crippen LogP contribution is 2.16. The molecule has 0 aromatic heterocycles. The lowest BCUT2D eigenvalue weighted by Crippen LogP contribution is -2.45. The smallest absolute Gasteiger partial charge is 0.323 e. The summed E-state index contributed by atoms with van der Waals surface area (Å²) in [6.45, 7) is 4.11. The van der Waals surface area contributed by atoms with Crippen molar-refractivity contribution in [3.63, 3.8) is 0 Å². The third-order valence-corrected chi connectivity index (χ3v) is 3.18. The fourth-order valence-electron chi connectivity index (χ4n) is 2.11. The molecule has 1 fully saturated rings. The Balaban J connectivity index is 2.45. The first-order chi connectivity index (χ1) is 8.54. The van der Waals surface area contributed by atoms with Gasteiger partial charge in [-0.25, -0.2) is 4.79 Å². The van der Waals surface area contributed by atoms with Crippen LogP contribution in [0.1, 0.15) is 19.8 Å². The summed E-state index contributed by atoms with van der Waals surface area (Å²) in [5.74, 6) is -0.527. The van der Waals surface area contributed by atoms with E-state index in [0.717, 1.165) is 26.1 Å². The van der Waals surface area contributed by atoms with Crippen molar-refractivity contribution in [3.05, 3.63) is 0 Å². The number of carboxylic acid groups (broad SMARTS) is 1. The molecule has 0 bridgehead atoms. The van der Waals surface area contributed by atoms with Crippen molar-refractivity contribution in [2.24, 2.45) is 5.92 Å². The average Bonchev–Trinajstić information content (AvgIpc) is 2.36. The van der Waals surface area contributed by atoms with Crippen LogP contribution in [0.3, 0.4) is 0 Å². The van der Waals surface area contributed by atoms with Gasteiger partial charge in [0, 0.05) is 33.4 Å². The van der Waals surface area contributed by atoms with Crippen LogP contribution >= 0.6 is 0 Å². The van der Waals surface area contributed by atoms with Gasteiger partial charge in [-0.1, -0.05) is 0 Å². The minimum atomic E-state index is -0.982. The molecule has 2 amide bonds. The van der Waals surface area contributed by atoms with Crippen molar-refractivity contribution in [2.75, 3.05) is 39.9 Å². The van der Waals surface area contributed by atoms with Crippen molar-refractivity contribution in [1.82, 2.24) is 9.80 Å². The highest BCUT2D eigenvalue weighted by molar-refractivity contribution is 5.80. The Hall–Kier alpha value is -1.30. The van der Waals surface area contributed by atoms with Gasteiger partial charge in [-0.15, -0.1) is 0 Å². The van der Waals surface area contributed by atoms with Crippen LogP contribution in [0.2, 0.25) is 0 Å². The monoisotopic (exact) mass is 258 g/mol. The summed E-state index contributed by atoms with van der Waals surface area (Å²) in [6.07, 6.45) is 1.92. The SMILES string of the molecule is CCN(CC(=O)O)C(=O)N(C)CC1CCOCC1. The molecule has 1 rings (SSSR count). The quantitative estimate of drug-likeness (QED) is 0.794. The molecule has 6 heteroatoms. The zero-order valence-electron chi connectivity index (χ0n) is 11.1. The minimum Gasteiger partial charge on any atom is -0.480 e.